The number of nitrogens with zero attached hydrogens (tertiary/aromatic N) is 1. The van der Waals surface area contributed by atoms with Gasteiger partial charge >= 0.3 is 12.1 Å². The van der Waals surface area contributed by atoms with Crippen molar-refractivity contribution in [3.63, 3.8) is 0 Å². The van der Waals surface area contributed by atoms with Crippen molar-refractivity contribution in [3.05, 3.63) is 0 Å². The largest absolute Gasteiger partial charge is 0.481 e. The summed E-state index contributed by atoms with van der Waals surface area (Å²) in [5.41, 5.74) is -1.16. The number of carboxylic acids is 1. The first-order chi connectivity index (χ1) is 10.6. The van der Waals surface area contributed by atoms with Gasteiger partial charge in [-0.1, -0.05) is 0 Å². The molecule has 132 valence electrons. The average Bonchev–Trinajstić information content (AvgIpc) is 2.85. The first-order valence-electron chi connectivity index (χ1n) is 8.19. The van der Waals surface area contributed by atoms with Crippen LogP contribution in [0.3, 0.4) is 0 Å². The number of carbonyl (C=O) groups is 2. The fraction of sp³-hybridized carbons (Fsp3) is 0.875. The molecular weight excluding hydrogens is 300 g/mol. The van der Waals surface area contributed by atoms with Crippen LogP contribution < -0.4 is 5.32 Å². The molecule has 7 nitrogen and oxygen atoms in total. The molecule has 0 aliphatic carbocycles. The lowest BCUT2D eigenvalue weighted by Crippen LogP contribution is -2.73. The number of likely N-dealkylation sites (tertiary alicyclic amines) is 1. The smallest absolute Gasteiger partial charge is 0.410 e. The fourth-order valence-corrected chi connectivity index (χ4v) is 3.26. The molecule has 0 aromatic carbocycles. The van der Waals surface area contributed by atoms with Gasteiger partial charge in [0.05, 0.1) is 18.1 Å². The molecule has 2 fully saturated rings. The summed E-state index contributed by atoms with van der Waals surface area (Å²) >= 11 is 0. The molecule has 7 heteroatoms. The first kappa shape index (κ1) is 18.0. The second-order valence-corrected chi connectivity index (χ2v) is 7.67. The number of amides is 1. The molecular formula is C16H28N2O5. The molecule has 2 saturated heterocycles. The second kappa shape index (κ2) is 6.65. The zero-order valence-corrected chi connectivity index (χ0v) is 14.4. The van der Waals surface area contributed by atoms with E-state index in [9.17, 15) is 14.7 Å². The molecule has 23 heavy (non-hydrogen) atoms. The molecule has 2 atom stereocenters. The Hall–Kier alpha value is -1.34. The summed E-state index contributed by atoms with van der Waals surface area (Å²) in [7, 11) is 0. The average molecular weight is 328 g/mol. The molecule has 2 heterocycles. The second-order valence-electron chi connectivity index (χ2n) is 7.67. The number of ether oxygens (including phenoxy) is 2. The van der Waals surface area contributed by atoms with Crippen molar-refractivity contribution in [2.24, 2.45) is 0 Å². The van der Waals surface area contributed by atoms with E-state index < -0.39 is 23.2 Å². The quantitative estimate of drug-likeness (QED) is 0.797. The minimum Gasteiger partial charge on any atom is -0.481 e. The van der Waals surface area contributed by atoms with Crippen molar-refractivity contribution in [1.82, 2.24) is 10.2 Å². The molecule has 2 aliphatic rings. The minimum atomic E-state index is -0.874. The van der Waals surface area contributed by atoms with Crippen LogP contribution in [0, 0.1) is 0 Å². The van der Waals surface area contributed by atoms with E-state index in [1.807, 2.05) is 27.7 Å². The Kier molecular flexibility index (Phi) is 5.20. The van der Waals surface area contributed by atoms with Crippen LogP contribution in [0.5, 0.6) is 0 Å². The Labute approximate surface area is 137 Å². The monoisotopic (exact) mass is 328 g/mol. The van der Waals surface area contributed by atoms with Gasteiger partial charge < -0.3 is 24.8 Å². The first-order valence-corrected chi connectivity index (χ1v) is 8.19. The fourth-order valence-electron chi connectivity index (χ4n) is 3.26. The highest BCUT2D eigenvalue weighted by Crippen LogP contribution is 2.29. The van der Waals surface area contributed by atoms with E-state index >= 15 is 0 Å². The molecule has 2 rings (SSSR count). The molecule has 0 aromatic heterocycles. The van der Waals surface area contributed by atoms with Crippen LogP contribution in [0.1, 0.15) is 47.0 Å². The van der Waals surface area contributed by atoms with E-state index in [2.05, 4.69) is 5.32 Å². The summed E-state index contributed by atoms with van der Waals surface area (Å²) < 4.78 is 11.0. The van der Waals surface area contributed by atoms with Crippen LogP contribution >= 0.6 is 0 Å². The van der Waals surface area contributed by atoms with Crippen molar-refractivity contribution in [2.45, 2.75) is 70.2 Å². The minimum absolute atomic E-state index is 0.0244. The Morgan fingerprint density at radius 1 is 1.43 bits per heavy atom. The molecule has 2 aliphatic heterocycles. The summed E-state index contributed by atoms with van der Waals surface area (Å²) in [4.78, 5) is 24.8. The maximum atomic E-state index is 12.1. The van der Waals surface area contributed by atoms with Gasteiger partial charge in [0.2, 0.25) is 0 Å². The molecule has 0 aromatic rings. The zero-order valence-electron chi connectivity index (χ0n) is 14.4. The van der Waals surface area contributed by atoms with Gasteiger partial charge in [-0.15, -0.1) is 0 Å². The lowest BCUT2D eigenvalue weighted by atomic mass is 9.85. The highest BCUT2D eigenvalue weighted by molar-refractivity contribution is 5.73. The van der Waals surface area contributed by atoms with E-state index in [4.69, 9.17) is 9.47 Å². The Morgan fingerprint density at radius 3 is 2.57 bits per heavy atom. The lowest BCUT2D eigenvalue weighted by Gasteiger charge is -2.51. The highest BCUT2D eigenvalue weighted by Gasteiger charge is 2.49. The summed E-state index contributed by atoms with van der Waals surface area (Å²) in [6.07, 6.45) is 1.70. The van der Waals surface area contributed by atoms with E-state index in [0.717, 1.165) is 19.4 Å². The topological polar surface area (TPSA) is 88.1 Å². The van der Waals surface area contributed by atoms with Crippen LogP contribution in [-0.4, -0.2) is 65.1 Å². The Bertz CT molecular complexity index is 448. The van der Waals surface area contributed by atoms with E-state index in [-0.39, 0.29) is 18.6 Å². The summed E-state index contributed by atoms with van der Waals surface area (Å²) in [6.45, 7) is 8.88. The van der Waals surface area contributed by atoms with Crippen molar-refractivity contribution in [1.29, 1.82) is 0 Å². The van der Waals surface area contributed by atoms with Crippen molar-refractivity contribution >= 4 is 12.1 Å². The Morgan fingerprint density at radius 2 is 2.09 bits per heavy atom. The predicted octanol–water partition coefficient (Wildman–Crippen LogP) is 1.61. The summed E-state index contributed by atoms with van der Waals surface area (Å²) in [5, 5.41) is 12.6. The van der Waals surface area contributed by atoms with Gasteiger partial charge in [-0.2, -0.15) is 0 Å². The summed E-state index contributed by atoms with van der Waals surface area (Å²) in [5.74, 6) is -0.874. The number of hydrogen-bond donors (Lipinski definition) is 2. The predicted molar refractivity (Wildman–Crippen MR) is 84.4 cm³/mol. The number of aliphatic carboxylic acids is 1. The molecule has 2 N–H and O–H groups in total. The molecule has 0 spiro atoms. The number of carbonyl (C=O) groups excluding carboxylic acids is 1. The maximum Gasteiger partial charge on any atom is 0.410 e. The van der Waals surface area contributed by atoms with Crippen molar-refractivity contribution < 1.29 is 24.2 Å². The van der Waals surface area contributed by atoms with Gasteiger partial charge in [0.25, 0.3) is 0 Å². The van der Waals surface area contributed by atoms with Gasteiger partial charge in [-0.3, -0.25) is 4.79 Å². The third kappa shape index (κ3) is 4.81. The summed E-state index contributed by atoms with van der Waals surface area (Å²) in [6, 6.07) is 0.0534. The van der Waals surface area contributed by atoms with Crippen LogP contribution in [0.25, 0.3) is 0 Å². The number of rotatable bonds is 5. The number of nitrogens with one attached hydrogen (secondary N) is 1. The number of hydrogen-bond acceptors (Lipinski definition) is 5. The van der Waals surface area contributed by atoms with Gasteiger partial charge in [-0.05, 0) is 40.5 Å². The van der Waals surface area contributed by atoms with E-state index in [1.54, 1.807) is 4.90 Å². The normalized spacial score (nSPS) is 24.9. The third-order valence-electron chi connectivity index (χ3n) is 4.18. The maximum absolute atomic E-state index is 12.1. The molecule has 2 unspecified atom stereocenters. The zero-order chi connectivity index (χ0) is 17.3. The van der Waals surface area contributed by atoms with E-state index in [0.29, 0.717) is 13.1 Å². The third-order valence-corrected chi connectivity index (χ3v) is 4.18. The van der Waals surface area contributed by atoms with Crippen LogP contribution in [0.4, 0.5) is 4.79 Å². The van der Waals surface area contributed by atoms with Crippen LogP contribution in [0.2, 0.25) is 0 Å². The number of carboxylic acid groups (broad SMARTS) is 1. The lowest BCUT2D eigenvalue weighted by molar-refractivity contribution is -0.141. The van der Waals surface area contributed by atoms with Crippen LogP contribution in [-0.2, 0) is 14.3 Å². The standard InChI is InChI=1S/C16H28N2O5/c1-11(12-6-5-7-22-12)17-16(8-13(19)20)9-18(10-16)14(21)23-15(2,3)4/h11-12,17H,5-10H2,1-4H3,(H,19,20). The Balaban J connectivity index is 1.94. The van der Waals surface area contributed by atoms with E-state index in [1.165, 1.54) is 0 Å². The molecule has 1 amide bonds. The van der Waals surface area contributed by atoms with Gasteiger partial charge in [-0.25, -0.2) is 4.79 Å². The molecule has 0 radical (unpaired) electrons. The molecule has 0 saturated carbocycles. The van der Waals surface area contributed by atoms with Crippen molar-refractivity contribution in [2.75, 3.05) is 19.7 Å². The van der Waals surface area contributed by atoms with Gasteiger partial charge in [0.15, 0.2) is 0 Å². The van der Waals surface area contributed by atoms with Crippen molar-refractivity contribution in [3.8, 4) is 0 Å². The highest BCUT2D eigenvalue weighted by atomic mass is 16.6. The SMILES string of the molecule is CC(NC1(CC(=O)O)CN(C(=O)OC(C)(C)C)C1)C1CCCO1. The van der Waals surface area contributed by atoms with Gasteiger partial charge in [0, 0.05) is 25.7 Å². The van der Waals surface area contributed by atoms with Gasteiger partial charge in [0.1, 0.15) is 5.60 Å². The van der Waals surface area contributed by atoms with Crippen LogP contribution in [0.15, 0.2) is 0 Å². The molecule has 0 bridgehead atoms.